The average Bonchev–Trinajstić information content (AvgIpc) is 2.37. The lowest BCUT2D eigenvalue weighted by Crippen LogP contribution is -2.06. The van der Waals surface area contributed by atoms with Gasteiger partial charge >= 0.3 is 0 Å². The minimum absolute atomic E-state index is 0.00873. The van der Waals surface area contributed by atoms with Crippen LogP contribution in [0, 0.1) is 6.92 Å². The first-order chi connectivity index (χ1) is 8.99. The van der Waals surface area contributed by atoms with E-state index in [0.717, 1.165) is 10.0 Å². The maximum absolute atomic E-state index is 12.3. The molecular weight excluding hydrogens is 347 g/mol. The van der Waals surface area contributed by atoms with E-state index in [0.29, 0.717) is 21.2 Å². The Balaban J connectivity index is 2.34. The fourth-order valence-electron chi connectivity index (χ4n) is 1.81. The van der Waals surface area contributed by atoms with Crippen LogP contribution < -0.4 is 0 Å². The second kappa shape index (κ2) is 6.08. The van der Waals surface area contributed by atoms with Crippen LogP contribution in [-0.4, -0.2) is 5.78 Å². The topological polar surface area (TPSA) is 17.1 Å². The van der Waals surface area contributed by atoms with Crippen molar-refractivity contribution in [3.8, 4) is 0 Å². The van der Waals surface area contributed by atoms with Crippen LogP contribution in [0.25, 0.3) is 0 Å². The number of aryl methyl sites for hydroxylation is 1. The number of carbonyl (C=O) groups excluding carboxylic acids is 1. The van der Waals surface area contributed by atoms with Gasteiger partial charge in [-0.15, -0.1) is 0 Å². The monoisotopic (exact) mass is 356 g/mol. The fourth-order valence-corrected chi connectivity index (χ4v) is 2.81. The van der Waals surface area contributed by atoms with Crippen molar-refractivity contribution in [3.05, 3.63) is 67.6 Å². The lowest BCUT2D eigenvalue weighted by atomic mass is 10.0. The fraction of sp³-hybridized carbons (Fsp3) is 0.133. The van der Waals surface area contributed by atoms with E-state index < -0.39 is 0 Å². The molecule has 0 aliphatic rings. The molecule has 0 N–H and O–H groups in total. The molecule has 0 unspecified atom stereocenters. The minimum atomic E-state index is -0.00873. The van der Waals surface area contributed by atoms with Gasteiger partial charge in [-0.25, -0.2) is 0 Å². The second-order valence-electron chi connectivity index (χ2n) is 4.28. The van der Waals surface area contributed by atoms with Crippen LogP contribution in [0.2, 0.25) is 10.0 Å². The van der Waals surface area contributed by atoms with Crippen molar-refractivity contribution in [2.45, 2.75) is 13.3 Å². The van der Waals surface area contributed by atoms with Crippen molar-refractivity contribution in [1.29, 1.82) is 0 Å². The van der Waals surface area contributed by atoms with E-state index in [9.17, 15) is 4.79 Å². The number of Topliss-reactive ketones (excluding diaryl/α,β-unsaturated/α-hetero) is 1. The first-order valence-electron chi connectivity index (χ1n) is 5.71. The van der Waals surface area contributed by atoms with Crippen LogP contribution in [0.4, 0.5) is 0 Å². The number of hydrogen-bond donors (Lipinski definition) is 0. The molecule has 4 heteroatoms. The summed E-state index contributed by atoms with van der Waals surface area (Å²) in [7, 11) is 0. The van der Waals surface area contributed by atoms with E-state index in [1.807, 2.05) is 25.1 Å². The van der Waals surface area contributed by atoms with Gasteiger partial charge in [0.15, 0.2) is 5.78 Å². The number of hydrogen-bond acceptors (Lipinski definition) is 1. The van der Waals surface area contributed by atoms with Crippen LogP contribution in [0.5, 0.6) is 0 Å². The van der Waals surface area contributed by atoms with Gasteiger partial charge in [-0.1, -0.05) is 56.8 Å². The van der Waals surface area contributed by atoms with E-state index in [1.54, 1.807) is 18.2 Å². The van der Waals surface area contributed by atoms with Crippen molar-refractivity contribution < 1.29 is 4.79 Å². The lowest BCUT2D eigenvalue weighted by molar-refractivity contribution is 0.0992. The summed E-state index contributed by atoms with van der Waals surface area (Å²) in [4.78, 5) is 12.3. The van der Waals surface area contributed by atoms with Crippen LogP contribution >= 0.6 is 39.1 Å². The molecule has 0 saturated heterocycles. The van der Waals surface area contributed by atoms with E-state index in [4.69, 9.17) is 23.2 Å². The molecule has 0 radical (unpaired) electrons. The number of carbonyl (C=O) groups is 1. The van der Waals surface area contributed by atoms with Gasteiger partial charge in [-0.3, -0.25) is 4.79 Å². The molecule has 0 saturated carbocycles. The SMILES string of the molecule is Cc1ccc(Br)c(C(=O)Cc2c(Cl)cccc2Cl)c1. The molecule has 0 amide bonds. The maximum atomic E-state index is 12.3. The Labute approximate surface area is 130 Å². The molecule has 0 fully saturated rings. The Bertz CT molecular complexity index is 618. The molecule has 2 rings (SSSR count). The van der Waals surface area contributed by atoms with Crippen molar-refractivity contribution in [2.75, 3.05) is 0 Å². The third kappa shape index (κ3) is 3.38. The first kappa shape index (κ1) is 14.6. The van der Waals surface area contributed by atoms with Crippen molar-refractivity contribution >= 4 is 44.9 Å². The molecule has 0 aliphatic carbocycles. The molecule has 0 bridgehead atoms. The zero-order chi connectivity index (χ0) is 14.0. The molecule has 98 valence electrons. The highest BCUT2D eigenvalue weighted by Gasteiger charge is 2.15. The molecule has 1 nitrogen and oxygen atoms in total. The van der Waals surface area contributed by atoms with Crippen molar-refractivity contribution in [3.63, 3.8) is 0 Å². The third-order valence-electron chi connectivity index (χ3n) is 2.82. The highest BCUT2D eigenvalue weighted by atomic mass is 79.9. The summed E-state index contributed by atoms with van der Waals surface area (Å²) in [6.45, 7) is 1.95. The highest BCUT2D eigenvalue weighted by Crippen LogP contribution is 2.27. The highest BCUT2D eigenvalue weighted by molar-refractivity contribution is 9.10. The van der Waals surface area contributed by atoms with Crippen LogP contribution in [-0.2, 0) is 6.42 Å². The zero-order valence-electron chi connectivity index (χ0n) is 10.2. The predicted molar refractivity (Wildman–Crippen MR) is 83.4 cm³/mol. The van der Waals surface area contributed by atoms with E-state index in [1.165, 1.54) is 0 Å². The number of ketones is 1. The predicted octanol–water partition coefficient (Wildman–Crippen LogP) is 5.49. The van der Waals surface area contributed by atoms with Gasteiger partial charge in [0, 0.05) is 26.5 Å². The molecule has 2 aromatic rings. The molecule has 0 atom stereocenters. The Morgan fingerprint density at radius 2 is 1.79 bits per heavy atom. The van der Waals surface area contributed by atoms with Gasteiger partial charge in [-0.2, -0.15) is 0 Å². The summed E-state index contributed by atoms with van der Waals surface area (Å²) in [5.41, 5.74) is 2.36. The number of halogens is 3. The molecule has 0 aliphatic heterocycles. The Morgan fingerprint density at radius 1 is 1.16 bits per heavy atom. The van der Waals surface area contributed by atoms with Crippen molar-refractivity contribution in [1.82, 2.24) is 0 Å². The van der Waals surface area contributed by atoms with E-state index in [-0.39, 0.29) is 12.2 Å². The quantitative estimate of drug-likeness (QED) is 0.664. The largest absolute Gasteiger partial charge is 0.294 e. The normalized spacial score (nSPS) is 10.5. The molecular formula is C15H11BrCl2O. The van der Waals surface area contributed by atoms with Gasteiger partial charge in [0.05, 0.1) is 0 Å². The lowest BCUT2D eigenvalue weighted by Gasteiger charge is -2.08. The molecule has 19 heavy (non-hydrogen) atoms. The summed E-state index contributed by atoms with van der Waals surface area (Å²) in [6, 6.07) is 10.9. The Morgan fingerprint density at radius 3 is 2.42 bits per heavy atom. The van der Waals surface area contributed by atoms with Gasteiger partial charge < -0.3 is 0 Å². The van der Waals surface area contributed by atoms with Gasteiger partial charge in [0.2, 0.25) is 0 Å². The molecule has 2 aromatic carbocycles. The Kier molecular flexibility index (Phi) is 4.67. The third-order valence-corrected chi connectivity index (χ3v) is 4.22. The summed E-state index contributed by atoms with van der Waals surface area (Å²) in [5, 5.41) is 1.04. The first-order valence-corrected chi connectivity index (χ1v) is 7.26. The molecule has 0 spiro atoms. The zero-order valence-corrected chi connectivity index (χ0v) is 13.3. The van der Waals surface area contributed by atoms with E-state index in [2.05, 4.69) is 15.9 Å². The van der Waals surface area contributed by atoms with Crippen LogP contribution in [0.15, 0.2) is 40.9 Å². The van der Waals surface area contributed by atoms with Gasteiger partial charge in [0.25, 0.3) is 0 Å². The molecule has 0 heterocycles. The number of benzene rings is 2. The molecule has 0 aromatic heterocycles. The average molecular weight is 358 g/mol. The van der Waals surface area contributed by atoms with Gasteiger partial charge in [0.1, 0.15) is 0 Å². The minimum Gasteiger partial charge on any atom is -0.294 e. The summed E-state index contributed by atoms with van der Waals surface area (Å²) in [6.07, 6.45) is 0.195. The summed E-state index contributed by atoms with van der Waals surface area (Å²) in [5.74, 6) is -0.00873. The van der Waals surface area contributed by atoms with Crippen LogP contribution in [0.3, 0.4) is 0 Å². The summed E-state index contributed by atoms with van der Waals surface area (Å²) < 4.78 is 0.784. The summed E-state index contributed by atoms with van der Waals surface area (Å²) >= 11 is 15.6. The number of rotatable bonds is 3. The second-order valence-corrected chi connectivity index (χ2v) is 5.95. The van der Waals surface area contributed by atoms with Gasteiger partial charge in [-0.05, 0) is 36.8 Å². The standard InChI is InChI=1S/C15H11BrCl2O/c1-9-5-6-12(16)10(7-9)15(19)8-11-13(17)3-2-4-14(11)18/h2-7H,8H2,1H3. The van der Waals surface area contributed by atoms with E-state index >= 15 is 0 Å². The van der Waals surface area contributed by atoms with Crippen LogP contribution in [0.1, 0.15) is 21.5 Å². The van der Waals surface area contributed by atoms with Crippen molar-refractivity contribution in [2.24, 2.45) is 0 Å². The maximum Gasteiger partial charge on any atom is 0.168 e. The Hall–Kier alpha value is -0.830. The smallest absolute Gasteiger partial charge is 0.168 e.